The molecular weight excluding hydrogens is 217 g/mol. The first-order valence-electron chi connectivity index (χ1n) is 6.15. The quantitative estimate of drug-likeness (QED) is 0.768. The maximum atomic E-state index is 13.7. The summed E-state index contributed by atoms with van der Waals surface area (Å²) in [7, 11) is 0. The molecule has 0 saturated heterocycles. The summed E-state index contributed by atoms with van der Waals surface area (Å²) in [6.45, 7) is 7.11. The summed E-state index contributed by atoms with van der Waals surface area (Å²) in [6, 6.07) is 4.74. The number of rotatable bonds is 5. The van der Waals surface area contributed by atoms with Gasteiger partial charge in [0.15, 0.2) is 0 Å². The molecule has 94 valence electrons. The highest BCUT2D eigenvalue weighted by Crippen LogP contribution is 2.13. The van der Waals surface area contributed by atoms with E-state index in [-0.39, 0.29) is 11.5 Å². The van der Waals surface area contributed by atoms with Crippen molar-refractivity contribution in [2.75, 3.05) is 13.1 Å². The van der Waals surface area contributed by atoms with E-state index in [1.54, 1.807) is 17.0 Å². The first-order valence-corrected chi connectivity index (χ1v) is 6.15. The van der Waals surface area contributed by atoms with Gasteiger partial charge in [-0.05, 0) is 38.0 Å². The van der Waals surface area contributed by atoms with Crippen molar-refractivity contribution in [3.63, 3.8) is 0 Å². The van der Waals surface area contributed by atoms with E-state index < -0.39 is 5.82 Å². The van der Waals surface area contributed by atoms with Crippen molar-refractivity contribution in [2.24, 2.45) is 0 Å². The molecule has 1 aromatic carbocycles. The molecule has 0 atom stereocenters. The van der Waals surface area contributed by atoms with Gasteiger partial charge in [0.2, 0.25) is 0 Å². The van der Waals surface area contributed by atoms with E-state index in [0.29, 0.717) is 13.1 Å². The van der Waals surface area contributed by atoms with E-state index >= 15 is 0 Å². The van der Waals surface area contributed by atoms with Crippen molar-refractivity contribution in [2.45, 2.75) is 33.6 Å². The molecule has 17 heavy (non-hydrogen) atoms. The lowest BCUT2D eigenvalue weighted by atomic mass is 10.1. The Morgan fingerprint density at radius 3 is 2.59 bits per heavy atom. The molecule has 0 unspecified atom stereocenters. The first-order chi connectivity index (χ1) is 8.10. The van der Waals surface area contributed by atoms with Gasteiger partial charge in [-0.1, -0.05) is 19.4 Å². The fourth-order valence-electron chi connectivity index (χ4n) is 1.72. The molecule has 0 spiro atoms. The van der Waals surface area contributed by atoms with Gasteiger partial charge in [-0.25, -0.2) is 4.39 Å². The number of hydrogen-bond acceptors (Lipinski definition) is 1. The lowest BCUT2D eigenvalue weighted by Gasteiger charge is -2.21. The normalized spacial score (nSPS) is 10.4. The van der Waals surface area contributed by atoms with Crippen molar-refractivity contribution in [1.82, 2.24) is 4.90 Å². The molecule has 0 bridgehead atoms. The Labute approximate surface area is 102 Å². The Kier molecular flexibility index (Phi) is 5.13. The molecule has 0 saturated carbocycles. The molecule has 0 radical (unpaired) electrons. The van der Waals surface area contributed by atoms with Gasteiger partial charge in [-0.2, -0.15) is 0 Å². The summed E-state index contributed by atoms with van der Waals surface area (Å²) in [5, 5.41) is 0. The highest BCUT2D eigenvalue weighted by atomic mass is 19.1. The SMILES string of the molecule is CCCCN(CC)C(=O)c1ccc(C)cc1F. The number of benzene rings is 1. The van der Waals surface area contributed by atoms with Crippen molar-refractivity contribution in [1.29, 1.82) is 0 Å². The number of aryl methyl sites for hydroxylation is 1. The van der Waals surface area contributed by atoms with Crippen LogP contribution in [0, 0.1) is 12.7 Å². The van der Waals surface area contributed by atoms with Gasteiger partial charge < -0.3 is 4.90 Å². The van der Waals surface area contributed by atoms with Gasteiger partial charge in [-0.3, -0.25) is 4.79 Å². The summed E-state index contributed by atoms with van der Waals surface area (Å²) < 4.78 is 13.7. The molecule has 1 rings (SSSR count). The van der Waals surface area contributed by atoms with Crippen LogP contribution in [-0.4, -0.2) is 23.9 Å². The fourth-order valence-corrected chi connectivity index (χ4v) is 1.72. The van der Waals surface area contributed by atoms with Gasteiger partial charge in [0.25, 0.3) is 5.91 Å². The average Bonchev–Trinajstić information content (AvgIpc) is 2.29. The Morgan fingerprint density at radius 2 is 2.06 bits per heavy atom. The number of carbonyl (C=O) groups excluding carboxylic acids is 1. The summed E-state index contributed by atoms with van der Waals surface area (Å²) in [6.07, 6.45) is 1.98. The number of hydrogen-bond donors (Lipinski definition) is 0. The Hall–Kier alpha value is -1.38. The Balaban J connectivity index is 2.86. The van der Waals surface area contributed by atoms with E-state index in [1.807, 2.05) is 13.8 Å². The first kappa shape index (κ1) is 13.7. The molecular formula is C14H20FNO. The van der Waals surface area contributed by atoms with E-state index in [9.17, 15) is 9.18 Å². The zero-order chi connectivity index (χ0) is 12.8. The van der Waals surface area contributed by atoms with Crippen LogP contribution in [0.4, 0.5) is 4.39 Å². The number of halogens is 1. The van der Waals surface area contributed by atoms with Crippen LogP contribution in [0.2, 0.25) is 0 Å². The second-order valence-corrected chi connectivity index (χ2v) is 4.22. The number of nitrogens with zero attached hydrogens (tertiary/aromatic N) is 1. The van der Waals surface area contributed by atoms with Crippen LogP contribution in [-0.2, 0) is 0 Å². The number of amides is 1. The summed E-state index contributed by atoms with van der Waals surface area (Å²) in [5.41, 5.74) is 1.00. The lowest BCUT2D eigenvalue weighted by molar-refractivity contribution is 0.0757. The fraction of sp³-hybridized carbons (Fsp3) is 0.500. The van der Waals surface area contributed by atoms with E-state index in [2.05, 4.69) is 6.92 Å². The largest absolute Gasteiger partial charge is 0.339 e. The van der Waals surface area contributed by atoms with Crippen LogP contribution in [0.25, 0.3) is 0 Å². The highest BCUT2D eigenvalue weighted by Gasteiger charge is 2.17. The number of unbranched alkanes of at least 4 members (excludes halogenated alkanes) is 1. The summed E-state index contributed by atoms with van der Waals surface area (Å²) in [4.78, 5) is 13.8. The zero-order valence-electron chi connectivity index (χ0n) is 10.8. The minimum atomic E-state index is -0.426. The van der Waals surface area contributed by atoms with Crippen LogP contribution in [0.5, 0.6) is 0 Å². The molecule has 1 aromatic rings. The van der Waals surface area contributed by atoms with E-state index in [1.165, 1.54) is 6.07 Å². The summed E-state index contributed by atoms with van der Waals surface area (Å²) >= 11 is 0. The molecule has 0 heterocycles. The third kappa shape index (κ3) is 3.55. The van der Waals surface area contributed by atoms with Crippen LogP contribution >= 0.6 is 0 Å². The second kappa shape index (κ2) is 6.38. The monoisotopic (exact) mass is 237 g/mol. The lowest BCUT2D eigenvalue weighted by Crippen LogP contribution is -2.32. The predicted molar refractivity (Wildman–Crippen MR) is 67.6 cm³/mol. The maximum Gasteiger partial charge on any atom is 0.256 e. The van der Waals surface area contributed by atoms with Crippen molar-refractivity contribution in [3.05, 3.63) is 35.1 Å². The summed E-state index contributed by atoms with van der Waals surface area (Å²) in [5.74, 6) is -0.636. The molecule has 2 nitrogen and oxygen atoms in total. The average molecular weight is 237 g/mol. The minimum absolute atomic E-state index is 0.175. The van der Waals surface area contributed by atoms with Gasteiger partial charge >= 0.3 is 0 Å². The van der Waals surface area contributed by atoms with Gasteiger partial charge in [0.1, 0.15) is 5.82 Å². The van der Waals surface area contributed by atoms with E-state index in [0.717, 1.165) is 18.4 Å². The molecule has 0 aromatic heterocycles. The van der Waals surface area contributed by atoms with Gasteiger partial charge in [-0.15, -0.1) is 0 Å². The van der Waals surface area contributed by atoms with Crippen LogP contribution in [0.15, 0.2) is 18.2 Å². The molecule has 3 heteroatoms. The maximum absolute atomic E-state index is 13.7. The second-order valence-electron chi connectivity index (χ2n) is 4.22. The Bertz CT molecular complexity index is 390. The molecule has 1 amide bonds. The van der Waals surface area contributed by atoms with Gasteiger partial charge in [0, 0.05) is 13.1 Å². The number of carbonyl (C=O) groups is 1. The Morgan fingerprint density at radius 1 is 1.35 bits per heavy atom. The van der Waals surface area contributed by atoms with Crippen molar-refractivity contribution >= 4 is 5.91 Å². The highest BCUT2D eigenvalue weighted by molar-refractivity contribution is 5.94. The van der Waals surface area contributed by atoms with Crippen molar-refractivity contribution in [3.8, 4) is 0 Å². The standard InChI is InChI=1S/C14H20FNO/c1-4-6-9-16(5-2)14(17)12-8-7-11(3)10-13(12)15/h7-8,10H,4-6,9H2,1-3H3. The predicted octanol–water partition coefficient (Wildman–Crippen LogP) is 3.40. The molecule has 0 aliphatic heterocycles. The topological polar surface area (TPSA) is 20.3 Å². The third-order valence-electron chi connectivity index (χ3n) is 2.81. The minimum Gasteiger partial charge on any atom is -0.339 e. The van der Waals surface area contributed by atoms with Crippen molar-refractivity contribution < 1.29 is 9.18 Å². The smallest absolute Gasteiger partial charge is 0.256 e. The zero-order valence-corrected chi connectivity index (χ0v) is 10.8. The molecule has 0 fully saturated rings. The molecule has 0 N–H and O–H groups in total. The van der Waals surface area contributed by atoms with Crippen LogP contribution < -0.4 is 0 Å². The third-order valence-corrected chi connectivity index (χ3v) is 2.81. The van der Waals surface area contributed by atoms with Gasteiger partial charge in [0.05, 0.1) is 5.56 Å². The molecule has 0 aliphatic carbocycles. The van der Waals surface area contributed by atoms with Crippen LogP contribution in [0.3, 0.4) is 0 Å². The molecule has 0 aliphatic rings. The van der Waals surface area contributed by atoms with E-state index in [4.69, 9.17) is 0 Å². The van der Waals surface area contributed by atoms with Crippen LogP contribution in [0.1, 0.15) is 42.6 Å².